The molecule has 4 heteroatoms. The van der Waals surface area contributed by atoms with Gasteiger partial charge in [0, 0.05) is 31.5 Å². The van der Waals surface area contributed by atoms with Crippen molar-refractivity contribution >= 4 is 5.82 Å². The fourth-order valence-corrected chi connectivity index (χ4v) is 2.06. The summed E-state index contributed by atoms with van der Waals surface area (Å²) in [6.07, 6.45) is 7.71. The molecule has 0 bridgehead atoms. The summed E-state index contributed by atoms with van der Waals surface area (Å²) in [6.45, 7) is 5.39. The predicted octanol–water partition coefficient (Wildman–Crippen LogP) is 1.05. The van der Waals surface area contributed by atoms with Crippen molar-refractivity contribution in [3.63, 3.8) is 0 Å². The quantitative estimate of drug-likeness (QED) is 0.802. The first-order valence-electron chi connectivity index (χ1n) is 5.64. The Balaban J connectivity index is 1.88. The van der Waals surface area contributed by atoms with E-state index in [1.54, 1.807) is 12.4 Å². The fourth-order valence-electron chi connectivity index (χ4n) is 2.06. The van der Waals surface area contributed by atoms with Gasteiger partial charge in [-0.3, -0.25) is 4.98 Å². The lowest BCUT2D eigenvalue weighted by Gasteiger charge is -2.32. The summed E-state index contributed by atoms with van der Waals surface area (Å²) in [5.74, 6) is 1.01. The van der Waals surface area contributed by atoms with E-state index in [9.17, 15) is 0 Å². The van der Waals surface area contributed by atoms with Crippen molar-refractivity contribution in [2.24, 2.45) is 0 Å². The molecule has 0 aromatic carbocycles. The fraction of sp³-hybridized carbons (Fsp3) is 0.636. The van der Waals surface area contributed by atoms with Gasteiger partial charge in [-0.25, -0.2) is 4.98 Å². The highest BCUT2D eigenvalue weighted by atomic mass is 15.2. The van der Waals surface area contributed by atoms with Gasteiger partial charge in [-0.05, 0) is 19.4 Å². The van der Waals surface area contributed by atoms with E-state index in [2.05, 4.69) is 27.1 Å². The third-order valence-corrected chi connectivity index (χ3v) is 2.86. The van der Waals surface area contributed by atoms with Gasteiger partial charge in [0.2, 0.25) is 0 Å². The summed E-state index contributed by atoms with van der Waals surface area (Å²) in [4.78, 5) is 10.7. The summed E-state index contributed by atoms with van der Waals surface area (Å²) in [7, 11) is 0. The maximum atomic E-state index is 4.32. The van der Waals surface area contributed by atoms with Crippen LogP contribution in [0.2, 0.25) is 0 Å². The summed E-state index contributed by atoms with van der Waals surface area (Å²) >= 11 is 0. The van der Waals surface area contributed by atoms with E-state index in [0.29, 0.717) is 6.04 Å². The zero-order valence-electron chi connectivity index (χ0n) is 9.19. The minimum atomic E-state index is 0.683. The molecule has 0 aliphatic carbocycles. The molecule has 1 aromatic heterocycles. The Kier molecular flexibility index (Phi) is 3.50. The van der Waals surface area contributed by atoms with Crippen LogP contribution in [-0.4, -0.2) is 35.6 Å². The van der Waals surface area contributed by atoms with Crippen molar-refractivity contribution in [3.8, 4) is 0 Å². The van der Waals surface area contributed by atoms with Gasteiger partial charge in [0.15, 0.2) is 0 Å². The molecule has 1 aliphatic heterocycles. The van der Waals surface area contributed by atoms with Crippen molar-refractivity contribution in [2.75, 3.05) is 24.5 Å². The SMILES string of the molecule is CCNC1CCN(c2cnccn2)CC1. The van der Waals surface area contributed by atoms with E-state index in [-0.39, 0.29) is 0 Å². The van der Waals surface area contributed by atoms with Crippen LogP contribution in [0.4, 0.5) is 5.82 Å². The average Bonchev–Trinajstić information content (AvgIpc) is 2.32. The third-order valence-electron chi connectivity index (χ3n) is 2.86. The maximum Gasteiger partial charge on any atom is 0.147 e. The van der Waals surface area contributed by atoms with Crippen LogP contribution < -0.4 is 10.2 Å². The minimum absolute atomic E-state index is 0.683. The second kappa shape index (κ2) is 5.07. The first-order chi connectivity index (χ1) is 7.40. The van der Waals surface area contributed by atoms with Gasteiger partial charge in [-0.2, -0.15) is 0 Å². The average molecular weight is 206 g/mol. The molecule has 4 nitrogen and oxygen atoms in total. The van der Waals surface area contributed by atoms with Gasteiger partial charge >= 0.3 is 0 Å². The first kappa shape index (κ1) is 10.4. The molecule has 0 amide bonds. The minimum Gasteiger partial charge on any atom is -0.355 e. The van der Waals surface area contributed by atoms with Crippen LogP contribution in [0.5, 0.6) is 0 Å². The second-order valence-corrected chi connectivity index (χ2v) is 3.88. The van der Waals surface area contributed by atoms with Crippen LogP contribution >= 0.6 is 0 Å². The molecule has 0 radical (unpaired) electrons. The number of hydrogen-bond acceptors (Lipinski definition) is 4. The maximum absolute atomic E-state index is 4.32. The molecule has 2 rings (SSSR count). The molecule has 1 fully saturated rings. The van der Waals surface area contributed by atoms with Crippen LogP contribution in [-0.2, 0) is 0 Å². The first-order valence-corrected chi connectivity index (χ1v) is 5.64. The topological polar surface area (TPSA) is 41.0 Å². The summed E-state index contributed by atoms with van der Waals surface area (Å²) in [5, 5.41) is 3.49. The number of anilines is 1. The highest BCUT2D eigenvalue weighted by Gasteiger charge is 2.18. The predicted molar refractivity (Wildman–Crippen MR) is 60.9 cm³/mol. The highest BCUT2D eigenvalue weighted by Crippen LogP contribution is 2.16. The molecule has 1 aliphatic rings. The lowest BCUT2D eigenvalue weighted by molar-refractivity contribution is 0.422. The molecule has 1 aromatic rings. The van der Waals surface area contributed by atoms with Gasteiger partial charge in [0.05, 0.1) is 6.20 Å². The van der Waals surface area contributed by atoms with Crippen molar-refractivity contribution in [1.29, 1.82) is 0 Å². The van der Waals surface area contributed by atoms with E-state index in [4.69, 9.17) is 0 Å². The van der Waals surface area contributed by atoms with Crippen LogP contribution in [0.1, 0.15) is 19.8 Å². The van der Waals surface area contributed by atoms with E-state index in [1.165, 1.54) is 12.8 Å². The van der Waals surface area contributed by atoms with Gasteiger partial charge < -0.3 is 10.2 Å². The smallest absolute Gasteiger partial charge is 0.147 e. The molecule has 1 N–H and O–H groups in total. The van der Waals surface area contributed by atoms with E-state index in [0.717, 1.165) is 25.5 Å². The van der Waals surface area contributed by atoms with E-state index < -0.39 is 0 Å². The van der Waals surface area contributed by atoms with Crippen molar-refractivity contribution < 1.29 is 0 Å². The van der Waals surface area contributed by atoms with Gasteiger partial charge in [-0.1, -0.05) is 6.92 Å². The number of nitrogens with one attached hydrogen (secondary N) is 1. The van der Waals surface area contributed by atoms with Gasteiger partial charge in [0.25, 0.3) is 0 Å². The van der Waals surface area contributed by atoms with Crippen LogP contribution in [0.15, 0.2) is 18.6 Å². The summed E-state index contributed by atoms with van der Waals surface area (Å²) in [5.41, 5.74) is 0. The number of rotatable bonds is 3. The monoisotopic (exact) mass is 206 g/mol. The molecule has 0 saturated carbocycles. The Labute approximate surface area is 90.7 Å². The highest BCUT2D eigenvalue weighted by molar-refractivity contribution is 5.35. The van der Waals surface area contributed by atoms with Crippen molar-refractivity contribution in [3.05, 3.63) is 18.6 Å². The number of nitrogens with zero attached hydrogens (tertiary/aromatic N) is 3. The zero-order valence-corrected chi connectivity index (χ0v) is 9.19. The Hall–Kier alpha value is -1.16. The lowest BCUT2D eigenvalue weighted by Crippen LogP contribution is -2.42. The molecule has 0 unspecified atom stereocenters. The molecule has 0 atom stereocenters. The van der Waals surface area contributed by atoms with Crippen molar-refractivity contribution in [2.45, 2.75) is 25.8 Å². The lowest BCUT2D eigenvalue weighted by atomic mass is 10.1. The second-order valence-electron chi connectivity index (χ2n) is 3.88. The summed E-state index contributed by atoms with van der Waals surface area (Å²) in [6, 6.07) is 0.683. The normalized spacial score (nSPS) is 18.1. The molecular weight excluding hydrogens is 188 g/mol. The largest absolute Gasteiger partial charge is 0.355 e. The van der Waals surface area contributed by atoms with Gasteiger partial charge in [-0.15, -0.1) is 0 Å². The van der Waals surface area contributed by atoms with Crippen LogP contribution in [0, 0.1) is 0 Å². The third kappa shape index (κ3) is 2.65. The number of hydrogen-bond donors (Lipinski definition) is 1. The van der Waals surface area contributed by atoms with E-state index in [1.807, 2.05) is 6.20 Å². The Morgan fingerprint density at radius 1 is 1.40 bits per heavy atom. The van der Waals surface area contributed by atoms with E-state index >= 15 is 0 Å². The molecule has 2 heterocycles. The Bertz CT molecular complexity index is 280. The standard InChI is InChI=1S/C11H18N4/c1-2-13-10-3-7-15(8-4-10)11-9-12-5-6-14-11/h5-6,9-10,13H,2-4,7-8H2,1H3. The summed E-state index contributed by atoms with van der Waals surface area (Å²) < 4.78 is 0. The van der Waals surface area contributed by atoms with Crippen molar-refractivity contribution in [1.82, 2.24) is 15.3 Å². The van der Waals surface area contributed by atoms with Crippen LogP contribution in [0.3, 0.4) is 0 Å². The molecule has 82 valence electrons. The Morgan fingerprint density at radius 3 is 2.80 bits per heavy atom. The Morgan fingerprint density at radius 2 is 2.20 bits per heavy atom. The molecule has 15 heavy (non-hydrogen) atoms. The van der Waals surface area contributed by atoms with Crippen LogP contribution in [0.25, 0.3) is 0 Å². The molecule has 1 saturated heterocycles. The number of aromatic nitrogens is 2. The zero-order chi connectivity index (χ0) is 10.5. The van der Waals surface area contributed by atoms with Gasteiger partial charge in [0.1, 0.15) is 5.82 Å². The number of piperidine rings is 1. The molecule has 0 spiro atoms. The molecular formula is C11H18N4.